The van der Waals surface area contributed by atoms with Crippen molar-refractivity contribution < 1.29 is 14.0 Å². The van der Waals surface area contributed by atoms with Gasteiger partial charge in [0.15, 0.2) is 0 Å². The second kappa shape index (κ2) is 8.25. The Labute approximate surface area is 104 Å². The maximum atomic E-state index is 5.39. The van der Waals surface area contributed by atoms with Crippen molar-refractivity contribution in [3.05, 3.63) is 18.2 Å². The minimum absolute atomic E-state index is 0.781. The molecule has 0 radical (unpaired) electrons. The third-order valence-corrected chi connectivity index (χ3v) is 2.77. The van der Waals surface area contributed by atoms with Crippen LogP contribution in [0.3, 0.4) is 0 Å². The summed E-state index contributed by atoms with van der Waals surface area (Å²) in [7, 11) is 0. The van der Waals surface area contributed by atoms with Gasteiger partial charge in [0, 0.05) is 19.6 Å². The summed E-state index contributed by atoms with van der Waals surface area (Å²) in [5.74, 6) is 1.34. The Hall–Kier alpha value is -0.870. The maximum absolute atomic E-state index is 5.39. The average molecular weight is 241 g/mol. The monoisotopic (exact) mass is 241 g/mol. The SMILES string of the molecule is CCOCCn1cc[n+](CCOCC)c1CC. The van der Waals surface area contributed by atoms with Crippen LogP contribution in [0.15, 0.2) is 12.4 Å². The van der Waals surface area contributed by atoms with E-state index in [-0.39, 0.29) is 0 Å². The minimum atomic E-state index is 0.781. The fourth-order valence-electron chi connectivity index (χ4n) is 1.93. The van der Waals surface area contributed by atoms with Gasteiger partial charge in [0.05, 0.1) is 13.2 Å². The standard InChI is InChI=1S/C13H25N2O2/c1-4-13-14(9-11-16-5-2)7-8-15(13)10-12-17-6-3/h7-8H,4-6,9-12H2,1-3H3/q+1. The molecule has 98 valence electrons. The van der Waals surface area contributed by atoms with Crippen molar-refractivity contribution in [2.24, 2.45) is 0 Å². The van der Waals surface area contributed by atoms with E-state index in [1.807, 2.05) is 13.8 Å². The molecule has 0 aliphatic rings. The van der Waals surface area contributed by atoms with E-state index in [9.17, 15) is 0 Å². The Morgan fingerprint density at radius 2 is 1.82 bits per heavy atom. The summed E-state index contributed by atoms with van der Waals surface area (Å²) < 4.78 is 15.3. The summed E-state index contributed by atoms with van der Waals surface area (Å²) in [6, 6.07) is 0. The molecule has 1 heterocycles. The molecule has 1 aromatic rings. The minimum Gasteiger partial charge on any atom is -0.378 e. The van der Waals surface area contributed by atoms with Crippen molar-refractivity contribution >= 4 is 0 Å². The first-order chi connectivity index (χ1) is 8.33. The smallest absolute Gasteiger partial charge is 0.256 e. The van der Waals surface area contributed by atoms with Gasteiger partial charge in [0.1, 0.15) is 25.5 Å². The molecule has 4 nitrogen and oxygen atoms in total. The van der Waals surface area contributed by atoms with Crippen LogP contribution in [0.2, 0.25) is 0 Å². The molecule has 4 heteroatoms. The number of ether oxygens (including phenoxy) is 2. The predicted molar refractivity (Wildman–Crippen MR) is 67.0 cm³/mol. The van der Waals surface area contributed by atoms with E-state index in [1.165, 1.54) is 5.82 Å². The van der Waals surface area contributed by atoms with Crippen LogP contribution in [-0.2, 0) is 29.0 Å². The molecule has 0 aliphatic heterocycles. The number of nitrogens with zero attached hydrogens (tertiary/aromatic N) is 2. The van der Waals surface area contributed by atoms with E-state index in [0.717, 1.165) is 45.9 Å². The van der Waals surface area contributed by atoms with Gasteiger partial charge in [-0.05, 0) is 13.8 Å². The van der Waals surface area contributed by atoms with E-state index in [2.05, 4.69) is 28.5 Å². The normalized spacial score (nSPS) is 11.0. The van der Waals surface area contributed by atoms with E-state index >= 15 is 0 Å². The molecule has 0 unspecified atom stereocenters. The lowest BCUT2D eigenvalue weighted by molar-refractivity contribution is -0.705. The third-order valence-electron chi connectivity index (χ3n) is 2.77. The summed E-state index contributed by atoms with van der Waals surface area (Å²) in [5.41, 5.74) is 0. The summed E-state index contributed by atoms with van der Waals surface area (Å²) in [6.45, 7) is 11.2. The highest BCUT2D eigenvalue weighted by Crippen LogP contribution is 1.97. The number of hydrogen-bond acceptors (Lipinski definition) is 2. The quantitative estimate of drug-likeness (QED) is 0.483. The van der Waals surface area contributed by atoms with Crippen LogP contribution in [0.5, 0.6) is 0 Å². The molecular weight excluding hydrogens is 216 g/mol. The zero-order chi connectivity index (χ0) is 12.5. The zero-order valence-corrected chi connectivity index (χ0v) is 11.3. The van der Waals surface area contributed by atoms with Crippen LogP contribution in [-0.4, -0.2) is 31.0 Å². The maximum Gasteiger partial charge on any atom is 0.256 e. The van der Waals surface area contributed by atoms with Crippen LogP contribution in [0.4, 0.5) is 0 Å². The molecule has 0 saturated heterocycles. The summed E-state index contributed by atoms with van der Waals surface area (Å²) in [4.78, 5) is 0. The van der Waals surface area contributed by atoms with Crippen molar-refractivity contribution in [2.75, 3.05) is 26.4 Å². The molecule has 0 aliphatic carbocycles. The summed E-state index contributed by atoms with van der Waals surface area (Å²) in [6.07, 6.45) is 5.29. The molecule has 17 heavy (non-hydrogen) atoms. The van der Waals surface area contributed by atoms with Gasteiger partial charge in [-0.2, -0.15) is 0 Å². The Morgan fingerprint density at radius 1 is 1.12 bits per heavy atom. The first-order valence-electron chi connectivity index (χ1n) is 6.56. The molecule has 0 fully saturated rings. The van der Waals surface area contributed by atoms with Crippen LogP contribution < -0.4 is 4.57 Å². The van der Waals surface area contributed by atoms with Gasteiger partial charge in [0.25, 0.3) is 5.82 Å². The van der Waals surface area contributed by atoms with Gasteiger partial charge in [-0.15, -0.1) is 0 Å². The Bertz CT molecular complexity index is 283. The zero-order valence-electron chi connectivity index (χ0n) is 11.3. The number of imidazole rings is 1. The van der Waals surface area contributed by atoms with Crippen molar-refractivity contribution in [1.29, 1.82) is 0 Å². The van der Waals surface area contributed by atoms with Crippen molar-refractivity contribution in [3.63, 3.8) is 0 Å². The Morgan fingerprint density at radius 3 is 2.47 bits per heavy atom. The molecule has 0 N–H and O–H groups in total. The molecule has 0 bridgehead atoms. The summed E-state index contributed by atoms with van der Waals surface area (Å²) >= 11 is 0. The predicted octanol–water partition coefficient (Wildman–Crippen LogP) is 1.41. The topological polar surface area (TPSA) is 27.3 Å². The lowest BCUT2D eigenvalue weighted by Gasteiger charge is -2.04. The van der Waals surface area contributed by atoms with Crippen LogP contribution in [0.25, 0.3) is 0 Å². The van der Waals surface area contributed by atoms with Gasteiger partial charge >= 0.3 is 0 Å². The third kappa shape index (κ3) is 4.48. The molecule has 0 atom stereocenters. The highest BCUT2D eigenvalue weighted by Gasteiger charge is 2.14. The Balaban J connectivity index is 2.53. The largest absolute Gasteiger partial charge is 0.378 e. The van der Waals surface area contributed by atoms with E-state index in [4.69, 9.17) is 9.47 Å². The Kier molecular flexibility index (Phi) is 6.89. The lowest BCUT2D eigenvalue weighted by Crippen LogP contribution is -2.39. The van der Waals surface area contributed by atoms with Crippen LogP contribution in [0, 0.1) is 0 Å². The summed E-state index contributed by atoms with van der Waals surface area (Å²) in [5, 5.41) is 0. The van der Waals surface area contributed by atoms with Crippen molar-refractivity contribution in [1.82, 2.24) is 4.57 Å². The fourth-order valence-corrected chi connectivity index (χ4v) is 1.93. The van der Waals surface area contributed by atoms with Crippen molar-refractivity contribution in [3.8, 4) is 0 Å². The first kappa shape index (κ1) is 14.2. The molecule has 0 spiro atoms. The molecule has 0 saturated carbocycles. The molecule has 1 aromatic heterocycles. The van der Waals surface area contributed by atoms with Gasteiger partial charge in [0.2, 0.25) is 0 Å². The molecule has 1 rings (SSSR count). The highest BCUT2D eigenvalue weighted by molar-refractivity contribution is 4.82. The van der Waals surface area contributed by atoms with Gasteiger partial charge < -0.3 is 9.47 Å². The highest BCUT2D eigenvalue weighted by atomic mass is 16.5. The van der Waals surface area contributed by atoms with Crippen LogP contribution in [0.1, 0.15) is 26.6 Å². The number of hydrogen-bond donors (Lipinski definition) is 0. The van der Waals surface area contributed by atoms with Gasteiger partial charge in [-0.25, -0.2) is 9.13 Å². The number of aromatic nitrogens is 2. The van der Waals surface area contributed by atoms with E-state index in [0.29, 0.717) is 0 Å². The average Bonchev–Trinajstić information content (AvgIpc) is 2.72. The van der Waals surface area contributed by atoms with Gasteiger partial charge in [-0.3, -0.25) is 0 Å². The second-order valence-electron chi connectivity index (χ2n) is 3.85. The fraction of sp³-hybridized carbons (Fsp3) is 0.769. The first-order valence-corrected chi connectivity index (χ1v) is 6.56. The number of rotatable bonds is 9. The molecular formula is C13H25N2O2+. The second-order valence-corrected chi connectivity index (χ2v) is 3.85. The van der Waals surface area contributed by atoms with E-state index < -0.39 is 0 Å². The van der Waals surface area contributed by atoms with Gasteiger partial charge in [-0.1, -0.05) is 6.92 Å². The molecule has 0 aromatic carbocycles. The van der Waals surface area contributed by atoms with Crippen molar-refractivity contribution in [2.45, 2.75) is 40.3 Å². The van der Waals surface area contributed by atoms with E-state index in [1.54, 1.807) is 0 Å². The lowest BCUT2D eigenvalue weighted by atomic mass is 10.4. The molecule has 0 amide bonds. The van der Waals surface area contributed by atoms with Crippen LogP contribution >= 0.6 is 0 Å².